The van der Waals surface area contributed by atoms with Crippen molar-refractivity contribution in [2.75, 3.05) is 6.54 Å². The van der Waals surface area contributed by atoms with Crippen LogP contribution in [0.25, 0.3) is 0 Å². The van der Waals surface area contributed by atoms with Gasteiger partial charge < -0.3 is 0 Å². The summed E-state index contributed by atoms with van der Waals surface area (Å²) in [6.07, 6.45) is 0. The summed E-state index contributed by atoms with van der Waals surface area (Å²) < 4.78 is 21.1. The van der Waals surface area contributed by atoms with Gasteiger partial charge in [-0.2, -0.15) is 8.42 Å². The fourth-order valence-electron chi connectivity index (χ4n) is 0.364. The van der Waals surface area contributed by atoms with Gasteiger partial charge in [0.2, 0.25) is 0 Å². The number of carbonyl (C=O) groups excluding carboxylic acids is 1. The molecule has 0 aliphatic heterocycles. The van der Waals surface area contributed by atoms with Crippen LogP contribution < -0.4 is 0 Å². The zero-order valence-corrected chi connectivity index (χ0v) is 7.37. The number of amides is 1. The lowest BCUT2D eigenvalue weighted by atomic mass is 10.8. The first kappa shape index (κ1) is 10.0. The average Bonchev–Trinajstić information content (AvgIpc) is 1.60. The van der Waals surface area contributed by atoms with Gasteiger partial charge in [0, 0.05) is 17.2 Å². The summed E-state index contributed by atoms with van der Waals surface area (Å²) in [5.74, 6) is 0. The highest BCUT2D eigenvalue weighted by molar-refractivity contribution is 8.12. The van der Waals surface area contributed by atoms with Crippen LogP contribution in [-0.4, -0.2) is 24.6 Å². The highest BCUT2D eigenvalue weighted by Gasteiger charge is 2.20. The molecule has 0 N–H and O–H groups in total. The molecule has 0 saturated carbocycles. The van der Waals surface area contributed by atoms with E-state index >= 15 is 0 Å². The minimum atomic E-state index is -3.99. The van der Waals surface area contributed by atoms with E-state index in [9.17, 15) is 13.2 Å². The fraction of sp³-hybridized carbons (Fsp3) is 0.667. The molecular formula is C3H5Cl2NO3S. The molecule has 0 aromatic heterocycles. The quantitative estimate of drug-likeness (QED) is 0.503. The SMILES string of the molecule is CCN(C(=O)Cl)S(=O)(=O)Cl. The molecule has 0 spiro atoms. The van der Waals surface area contributed by atoms with Gasteiger partial charge in [-0.25, -0.2) is 4.31 Å². The van der Waals surface area contributed by atoms with Gasteiger partial charge in [0.1, 0.15) is 0 Å². The molecule has 1 amide bonds. The highest BCUT2D eigenvalue weighted by atomic mass is 35.7. The Bertz CT molecular complexity index is 224. The van der Waals surface area contributed by atoms with Gasteiger partial charge in [-0.15, -0.1) is 0 Å². The van der Waals surface area contributed by atoms with Crippen molar-refractivity contribution in [3.63, 3.8) is 0 Å². The van der Waals surface area contributed by atoms with E-state index in [-0.39, 0.29) is 6.54 Å². The molecule has 0 rings (SSSR count). The maximum Gasteiger partial charge on any atom is 0.330 e. The van der Waals surface area contributed by atoms with Gasteiger partial charge in [-0.1, -0.05) is 0 Å². The highest BCUT2D eigenvalue weighted by Crippen LogP contribution is 2.08. The van der Waals surface area contributed by atoms with Gasteiger partial charge in [-0.05, 0) is 18.5 Å². The monoisotopic (exact) mass is 205 g/mol. The molecule has 0 bridgehead atoms. The standard InChI is InChI=1S/C3H5Cl2NO3S/c1-2-6(3(4)7)10(5,8)9/h2H2,1H3. The number of rotatable bonds is 2. The van der Waals surface area contributed by atoms with E-state index in [1.54, 1.807) is 0 Å². The molecule has 4 nitrogen and oxygen atoms in total. The van der Waals surface area contributed by atoms with Crippen molar-refractivity contribution in [3.05, 3.63) is 0 Å². The topological polar surface area (TPSA) is 54.5 Å². The van der Waals surface area contributed by atoms with Crippen molar-refractivity contribution >= 4 is 36.9 Å². The van der Waals surface area contributed by atoms with Crippen molar-refractivity contribution in [2.24, 2.45) is 0 Å². The molecular weight excluding hydrogens is 201 g/mol. The van der Waals surface area contributed by atoms with E-state index in [4.69, 9.17) is 22.3 Å². The minimum Gasteiger partial charge on any atom is -0.254 e. The van der Waals surface area contributed by atoms with Crippen LogP contribution in [0.4, 0.5) is 4.79 Å². The van der Waals surface area contributed by atoms with E-state index in [0.29, 0.717) is 4.31 Å². The van der Waals surface area contributed by atoms with Crippen LogP contribution in [0.5, 0.6) is 0 Å². The summed E-state index contributed by atoms with van der Waals surface area (Å²) in [4.78, 5) is 10.2. The lowest BCUT2D eigenvalue weighted by molar-refractivity contribution is 0.246. The maximum atomic E-state index is 10.4. The summed E-state index contributed by atoms with van der Waals surface area (Å²) in [6.45, 7) is 1.38. The lowest BCUT2D eigenvalue weighted by Gasteiger charge is -2.10. The molecule has 60 valence electrons. The van der Waals surface area contributed by atoms with E-state index in [1.165, 1.54) is 6.92 Å². The third-order valence-electron chi connectivity index (χ3n) is 0.747. The Kier molecular flexibility index (Phi) is 3.41. The number of nitrogens with zero attached hydrogens (tertiary/aromatic N) is 1. The van der Waals surface area contributed by atoms with Crippen LogP contribution in [0, 0.1) is 0 Å². The van der Waals surface area contributed by atoms with Crippen LogP contribution in [0.15, 0.2) is 0 Å². The second-order valence-electron chi connectivity index (χ2n) is 1.36. The summed E-state index contributed by atoms with van der Waals surface area (Å²) in [6, 6.07) is 0. The van der Waals surface area contributed by atoms with Gasteiger partial charge in [0.05, 0.1) is 0 Å². The van der Waals surface area contributed by atoms with Crippen LogP contribution in [-0.2, 0) is 9.24 Å². The summed E-state index contributed by atoms with van der Waals surface area (Å²) in [5, 5.41) is -1.10. The Labute approximate surface area is 68.3 Å². The number of halogens is 2. The Balaban J connectivity index is 4.55. The summed E-state index contributed by atoms with van der Waals surface area (Å²) in [5.41, 5.74) is 0. The fourth-order valence-corrected chi connectivity index (χ4v) is 1.82. The molecule has 10 heavy (non-hydrogen) atoms. The molecule has 0 aliphatic carbocycles. The van der Waals surface area contributed by atoms with Crippen molar-refractivity contribution < 1.29 is 13.2 Å². The number of hydrogen-bond acceptors (Lipinski definition) is 3. The van der Waals surface area contributed by atoms with E-state index in [1.807, 2.05) is 0 Å². The van der Waals surface area contributed by atoms with E-state index < -0.39 is 14.6 Å². The number of hydrogen-bond donors (Lipinski definition) is 0. The molecule has 0 saturated heterocycles. The molecule has 0 aromatic carbocycles. The predicted molar refractivity (Wildman–Crippen MR) is 38.4 cm³/mol. The van der Waals surface area contributed by atoms with Crippen LogP contribution >= 0.6 is 22.3 Å². The average molecular weight is 206 g/mol. The van der Waals surface area contributed by atoms with Gasteiger partial charge in [0.15, 0.2) is 0 Å². The zero-order valence-electron chi connectivity index (χ0n) is 5.04. The maximum absolute atomic E-state index is 10.4. The minimum absolute atomic E-state index is 0.0613. The molecule has 0 atom stereocenters. The third-order valence-corrected chi connectivity index (χ3v) is 2.50. The first-order valence-corrected chi connectivity index (χ1v) is 4.95. The summed E-state index contributed by atoms with van der Waals surface area (Å²) >= 11 is 4.85. The van der Waals surface area contributed by atoms with Crippen molar-refractivity contribution in [2.45, 2.75) is 6.92 Å². The normalized spacial score (nSPS) is 11.1. The molecule has 0 aliphatic rings. The number of carbonyl (C=O) groups is 1. The second kappa shape index (κ2) is 3.41. The second-order valence-corrected chi connectivity index (χ2v) is 4.12. The van der Waals surface area contributed by atoms with E-state index in [2.05, 4.69) is 0 Å². The van der Waals surface area contributed by atoms with Crippen LogP contribution in [0.2, 0.25) is 0 Å². The third kappa shape index (κ3) is 2.72. The molecule has 0 heterocycles. The van der Waals surface area contributed by atoms with Crippen LogP contribution in [0.3, 0.4) is 0 Å². The predicted octanol–water partition coefficient (Wildman–Crippen LogP) is 1.15. The largest absolute Gasteiger partial charge is 0.330 e. The molecule has 0 radical (unpaired) electrons. The molecule has 0 aromatic rings. The Morgan fingerprint density at radius 3 is 2.00 bits per heavy atom. The first-order chi connectivity index (χ1) is 4.39. The van der Waals surface area contributed by atoms with Gasteiger partial charge in [-0.3, -0.25) is 4.79 Å². The lowest BCUT2D eigenvalue weighted by Crippen LogP contribution is -2.28. The van der Waals surface area contributed by atoms with E-state index in [0.717, 1.165) is 0 Å². The van der Waals surface area contributed by atoms with Crippen molar-refractivity contribution in [1.29, 1.82) is 0 Å². The Hall–Kier alpha value is -0.000000000000000111. The van der Waals surface area contributed by atoms with Gasteiger partial charge >= 0.3 is 14.6 Å². The molecule has 7 heteroatoms. The summed E-state index contributed by atoms with van der Waals surface area (Å²) in [7, 11) is 0.797. The smallest absolute Gasteiger partial charge is 0.254 e. The van der Waals surface area contributed by atoms with Crippen LogP contribution in [0.1, 0.15) is 6.92 Å². The Morgan fingerprint density at radius 2 is 2.00 bits per heavy atom. The zero-order chi connectivity index (χ0) is 8.36. The Morgan fingerprint density at radius 1 is 1.60 bits per heavy atom. The molecule has 0 unspecified atom stereocenters. The van der Waals surface area contributed by atoms with Gasteiger partial charge in [0.25, 0.3) is 0 Å². The molecule has 0 fully saturated rings. The van der Waals surface area contributed by atoms with Crippen molar-refractivity contribution in [3.8, 4) is 0 Å². The van der Waals surface area contributed by atoms with Crippen molar-refractivity contribution in [1.82, 2.24) is 4.31 Å². The first-order valence-electron chi connectivity index (χ1n) is 2.31.